The third kappa shape index (κ3) is 3.38. The molecule has 0 saturated carbocycles. The van der Waals surface area contributed by atoms with E-state index in [-0.39, 0.29) is 16.4 Å². The van der Waals surface area contributed by atoms with Gasteiger partial charge in [0.1, 0.15) is 5.82 Å². The monoisotopic (exact) mass is 417 g/mol. The van der Waals surface area contributed by atoms with Gasteiger partial charge < -0.3 is 0 Å². The second-order valence-corrected chi connectivity index (χ2v) is 8.00. The number of aryl methyl sites for hydroxylation is 2. The fraction of sp³-hybridized carbons (Fsp3) is 0.100. The number of aromatic nitrogens is 3. The van der Waals surface area contributed by atoms with Gasteiger partial charge in [-0.15, -0.1) is 11.3 Å². The Bertz CT molecular complexity index is 1110. The minimum atomic E-state index is -0.461. The fourth-order valence-electron chi connectivity index (χ4n) is 2.78. The molecule has 0 saturated heterocycles. The molecule has 0 unspecified atom stereocenters. The molecule has 0 radical (unpaired) electrons. The highest BCUT2D eigenvalue weighted by atomic mass is 35.5. The molecular formula is C20H14Cl2FN3S. The Hall–Kier alpha value is -2.21. The van der Waals surface area contributed by atoms with Crippen molar-refractivity contribution in [3.8, 4) is 32.5 Å². The third-order valence-corrected chi connectivity index (χ3v) is 6.08. The molecule has 0 N–H and O–H groups in total. The van der Waals surface area contributed by atoms with E-state index in [4.69, 9.17) is 23.2 Å². The van der Waals surface area contributed by atoms with Gasteiger partial charge in [0.15, 0.2) is 11.6 Å². The summed E-state index contributed by atoms with van der Waals surface area (Å²) in [6.45, 7) is 2.05. The highest BCUT2D eigenvalue weighted by Crippen LogP contribution is 2.41. The summed E-state index contributed by atoms with van der Waals surface area (Å²) in [5.41, 5.74) is 2.46. The van der Waals surface area contributed by atoms with Gasteiger partial charge in [0, 0.05) is 11.9 Å². The zero-order chi connectivity index (χ0) is 19.1. The highest BCUT2D eigenvalue weighted by molar-refractivity contribution is 7.19. The second kappa shape index (κ2) is 7.08. The second-order valence-electron chi connectivity index (χ2n) is 6.13. The van der Waals surface area contributed by atoms with Crippen molar-refractivity contribution in [2.45, 2.75) is 6.92 Å². The first-order chi connectivity index (χ1) is 12.9. The number of thiophene rings is 1. The summed E-state index contributed by atoms with van der Waals surface area (Å²) >= 11 is 14.1. The molecule has 4 rings (SSSR count). The summed E-state index contributed by atoms with van der Waals surface area (Å²) in [7, 11) is 1.75. The summed E-state index contributed by atoms with van der Waals surface area (Å²) in [4.78, 5) is 6.32. The SMILES string of the molecule is Cc1ccc(-c2cc(Cl)c(-c3nc(-c4c(F)cccc4Cl)nn3C)s2)cc1. The molecule has 0 fully saturated rings. The van der Waals surface area contributed by atoms with Crippen LogP contribution in [0.25, 0.3) is 32.5 Å². The van der Waals surface area contributed by atoms with E-state index >= 15 is 0 Å². The van der Waals surface area contributed by atoms with Crippen LogP contribution in [0, 0.1) is 12.7 Å². The highest BCUT2D eigenvalue weighted by Gasteiger charge is 2.20. The molecule has 0 aliphatic carbocycles. The van der Waals surface area contributed by atoms with E-state index in [1.54, 1.807) is 23.9 Å². The number of rotatable bonds is 3. The van der Waals surface area contributed by atoms with Crippen molar-refractivity contribution in [1.82, 2.24) is 14.8 Å². The predicted molar refractivity (Wildman–Crippen MR) is 110 cm³/mol. The molecule has 0 spiro atoms. The van der Waals surface area contributed by atoms with Gasteiger partial charge in [-0.1, -0.05) is 59.1 Å². The summed E-state index contributed by atoms with van der Waals surface area (Å²) in [6.07, 6.45) is 0. The van der Waals surface area contributed by atoms with Crippen molar-refractivity contribution in [3.63, 3.8) is 0 Å². The Morgan fingerprint density at radius 1 is 1.04 bits per heavy atom. The molecule has 0 bridgehead atoms. The van der Waals surface area contributed by atoms with Crippen molar-refractivity contribution in [2.75, 3.05) is 0 Å². The topological polar surface area (TPSA) is 30.7 Å². The smallest absolute Gasteiger partial charge is 0.186 e. The van der Waals surface area contributed by atoms with Crippen molar-refractivity contribution < 1.29 is 4.39 Å². The molecule has 7 heteroatoms. The molecule has 2 heterocycles. The average molecular weight is 418 g/mol. The summed E-state index contributed by atoms with van der Waals surface area (Å²) in [5, 5.41) is 5.19. The summed E-state index contributed by atoms with van der Waals surface area (Å²) < 4.78 is 15.8. The van der Waals surface area contributed by atoms with Gasteiger partial charge in [-0.2, -0.15) is 5.10 Å². The normalized spacial score (nSPS) is 11.1. The Labute approximate surface area is 170 Å². The van der Waals surface area contributed by atoms with E-state index in [1.807, 2.05) is 13.0 Å². The number of hydrogen-bond donors (Lipinski definition) is 0. The molecule has 4 aromatic rings. The number of halogens is 3. The zero-order valence-corrected chi connectivity index (χ0v) is 16.8. The van der Waals surface area contributed by atoms with Crippen molar-refractivity contribution in [3.05, 3.63) is 70.0 Å². The zero-order valence-electron chi connectivity index (χ0n) is 14.5. The van der Waals surface area contributed by atoms with Crippen LogP contribution in [-0.2, 0) is 7.05 Å². The maximum Gasteiger partial charge on any atom is 0.186 e. The van der Waals surface area contributed by atoms with Crippen LogP contribution in [-0.4, -0.2) is 14.8 Å². The Kier molecular flexibility index (Phi) is 4.76. The van der Waals surface area contributed by atoms with Gasteiger partial charge in [0.25, 0.3) is 0 Å². The van der Waals surface area contributed by atoms with E-state index in [0.29, 0.717) is 10.8 Å². The molecule has 0 aliphatic rings. The van der Waals surface area contributed by atoms with Crippen molar-refractivity contribution >= 4 is 34.5 Å². The molecule has 2 aromatic carbocycles. The third-order valence-electron chi connectivity index (χ3n) is 4.18. The molecular weight excluding hydrogens is 404 g/mol. The minimum absolute atomic E-state index is 0.187. The number of benzene rings is 2. The minimum Gasteiger partial charge on any atom is -0.248 e. The van der Waals surface area contributed by atoms with Gasteiger partial charge in [0.05, 0.1) is 20.5 Å². The van der Waals surface area contributed by atoms with Crippen LogP contribution in [0.3, 0.4) is 0 Å². The maximum atomic E-state index is 14.2. The Morgan fingerprint density at radius 2 is 1.78 bits per heavy atom. The van der Waals surface area contributed by atoms with E-state index in [9.17, 15) is 4.39 Å². The van der Waals surface area contributed by atoms with Gasteiger partial charge in [-0.3, -0.25) is 0 Å². The average Bonchev–Trinajstić information content (AvgIpc) is 3.18. The van der Waals surface area contributed by atoms with E-state index < -0.39 is 5.82 Å². The number of nitrogens with zero attached hydrogens (tertiary/aromatic N) is 3. The van der Waals surface area contributed by atoms with Crippen LogP contribution < -0.4 is 0 Å². The van der Waals surface area contributed by atoms with Gasteiger partial charge >= 0.3 is 0 Å². The van der Waals surface area contributed by atoms with Crippen LogP contribution in [0.5, 0.6) is 0 Å². The lowest BCUT2D eigenvalue weighted by molar-refractivity contribution is 0.629. The van der Waals surface area contributed by atoms with Gasteiger partial charge in [0.2, 0.25) is 0 Å². The first kappa shape index (κ1) is 18.2. The molecule has 136 valence electrons. The molecule has 0 amide bonds. The molecule has 0 atom stereocenters. The van der Waals surface area contributed by atoms with Crippen molar-refractivity contribution in [1.29, 1.82) is 0 Å². The van der Waals surface area contributed by atoms with Crippen LogP contribution in [0.4, 0.5) is 4.39 Å². The van der Waals surface area contributed by atoms with Gasteiger partial charge in [-0.05, 0) is 30.7 Å². The summed E-state index contributed by atoms with van der Waals surface area (Å²) in [6, 6.07) is 14.7. The fourth-order valence-corrected chi connectivity index (χ4v) is 4.48. The van der Waals surface area contributed by atoms with Crippen LogP contribution in [0.15, 0.2) is 48.5 Å². The quantitative estimate of drug-likeness (QED) is 0.374. The van der Waals surface area contributed by atoms with Crippen molar-refractivity contribution in [2.24, 2.45) is 7.05 Å². The lowest BCUT2D eigenvalue weighted by Gasteiger charge is -2.00. The van der Waals surface area contributed by atoms with Crippen LogP contribution >= 0.6 is 34.5 Å². The van der Waals surface area contributed by atoms with E-state index in [0.717, 1.165) is 15.3 Å². The summed E-state index contributed by atoms with van der Waals surface area (Å²) in [5.74, 6) is 0.340. The predicted octanol–water partition coefficient (Wildman–Crippen LogP) is 6.63. The molecule has 3 nitrogen and oxygen atoms in total. The number of hydrogen-bond acceptors (Lipinski definition) is 3. The van der Waals surface area contributed by atoms with Crippen LogP contribution in [0.2, 0.25) is 10.0 Å². The Balaban J connectivity index is 1.79. The Morgan fingerprint density at radius 3 is 2.48 bits per heavy atom. The first-order valence-corrected chi connectivity index (χ1v) is 9.73. The van der Waals surface area contributed by atoms with E-state index in [1.165, 1.54) is 23.0 Å². The molecule has 27 heavy (non-hydrogen) atoms. The lowest BCUT2D eigenvalue weighted by Crippen LogP contribution is -1.93. The maximum absolute atomic E-state index is 14.2. The standard InChI is InChI=1S/C20H14Cl2FN3S/c1-11-6-8-12(9-7-11)16-10-14(22)18(27-16)20-24-19(25-26(20)2)17-13(21)4-3-5-15(17)23/h3-10H,1-2H3. The van der Waals surface area contributed by atoms with Gasteiger partial charge in [-0.25, -0.2) is 14.1 Å². The van der Waals surface area contributed by atoms with E-state index in [2.05, 4.69) is 34.3 Å². The first-order valence-electron chi connectivity index (χ1n) is 8.16. The lowest BCUT2D eigenvalue weighted by atomic mass is 10.1. The van der Waals surface area contributed by atoms with Crippen LogP contribution in [0.1, 0.15) is 5.56 Å². The largest absolute Gasteiger partial charge is 0.248 e. The molecule has 0 aliphatic heterocycles. The molecule has 2 aromatic heterocycles.